The zero-order valence-electron chi connectivity index (χ0n) is 11.1. The van der Waals surface area contributed by atoms with Crippen LogP contribution in [0.15, 0.2) is 51.4 Å². The highest BCUT2D eigenvalue weighted by atomic mass is 79.9. The Morgan fingerprint density at radius 1 is 0.900 bits per heavy atom. The molecule has 0 aliphatic carbocycles. The van der Waals surface area contributed by atoms with Crippen LogP contribution in [0.2, 0.25) is 0 Å². The van der Waals surface area contributed by atoms with Crippen LogP contribution in [0.25, 0.3) is 22.3 Å². The molecule has 3 rings (SSSR count). The molecule has 0 amide bonds. The molecule has 0 aliphatic heterocycles. The second-order valence-corrected chi connectivity index (χ2v) is 5.13. The Balaban J connectivity index is 2.12. The van der Waals surface area contributed by atoms with Crippen LogP contribution < -0.4 is 9.47 Å². The standard InChI is InChI=1S/C16H13BrO3/c1-18-11-5-3-10(4-6-11)16-15(17)13-8-7-12(19-2)9-14(13)20-16/h3-9H,1-2H3. The molecule has 0 bridgehead atoms. The van der Waals surface area contributed by atoms with Gasteiger partial charge in [0.15, 0.2) is 0 Å². The van der Waals surface area contributed by atoms with Gasteiger partial charge >= 0.3 is 0 Å². The first-order valence-corrected chi connectivity index (χ1v) is 6.92. The molecule has 1 aromatic heterocycles. The van der Waals surface area contributed by atoms with Crippen molar-refractivity contribution in [3.63, 3.8) is 0 Å². The molecule has 4 heteroatoms. The lowest BCUT2D eigenvalue weighted by atomic mass is 10.1. The van der Waals surface area contributed by atoms with Crippen LogP contribution in [0.3, 0.4) is 0 Å². The highest BCUT2D eigenvalue weighted by molar-refractivity contribution is 9.10. The molecule has 0 saturated heterocycles. The predicted octanol–water partition coefficient (Wildman–Crippen LogP) is 4.88. The number of furan rings is 1. The van der Waals surface area contributed by atoms with E-state index in [4.69, 9.17) is 13.9 Å². The molecule has 102 valence electrons. The van der Waals surface area contributed by atoms with Gasteiger partial charge in [-0.15, -0.1) is 0 Å². The maximum atomic E-state index is 5.93. The Kier molecular flexibility index (Phi) is 3.40. The number of methoxy groups -OCH3 is 2. The van der Waals surface area contributed by atoms with E-state index in [2.05, 4.69) is 15.9 Å². The summed E-state index contributed by atoms with van der Waals surface area (Å²) >= 11 is 3.60. The Labute approximate surface area is 125 Å². The first-order chi connectivity index (χ1) is 9.72. The van der Waals surface area contributed by atoms with Gasteiger partial charge in [0.1, 0.15) is 22.8 Å². The lowest BCUT2D eigenvalue weighted by Crippen LogP contribution is -1.81. The normalized spacial score (nSPS) is 10.8. The summed E-state index contributed by atoms with van der Waals surface area (Å²) in [6.07, 6.45) is 0. The van der Waals surface area contributed by atoms with Gasteiger partial charge in [0, 0.05) is 17.0 Å². The SMILES string of the molecule is COc1ccc(-c2oc3cc(OC)ccc3c2Br)cc1. The van der Waals surface area contributed by atoms with E-state index in [1.165, 1.54) is 0 Å². The molecule has 0 unspecified atom stereocenters. The molecule has 0 N–H and O–H groups in total. The van der Waals surface area contributed by atoms with Crippen molar-refractivity contribution in [2.75, 3.05) is 14.2 Å². The van der Waals surface area contributed by atoms with E-state index in [0.29, 0.717) is 0 Å². The summed E-state index contributed by atoms with van der Waals surface area (Å²) in [4.78, 5) is 0. The number of ether oxygens (including phenoxy) is 2. The maximum Gasteiger partial charge on any atom is 0.149 e. The predicted molar refractivity (Wildman–Crippen MR) is 82.5 cm³/mol. The number of hydrogen-bond acceptors (Lipinski definition) is 3. The first kappa shape index (κ1) is 13.1. The van der Waals surface area contributed by atoms with E-state index in [1.807, 2.05) is 42.5 Å². The van der Waals surface area contributed by atoms with E-state index >= 15 is 0 Å². The van der Waals surface area contributed by atoms with Crippen molar-refractivity contribution in [2.24, 2.45) is 0 Å². The molecule has 0 atom stereocenters. The molecular formula is C16H13BrO3. The number of rotatable bonds is 3. The lowest BCUT2D eigenvalue weighted by molar-refractivity contribution is 0.414. The summed E-state index contributed by atoms with van der Waals surface area (Å²) < 4.78 is 17.3. The Morgan fingerprint density at radius 3 is 2.20 bits per heavy atom. The van der Waals surface area contributed by atoms with Gasteiger partial charge in [0.05, 0.1) is 18.7 Å². The summed E-state index contributed by atoms with van der Waals surface area (Å²) in [7, 11) is 3.29. The van der Waals surface area contributed by atoms with Crippen molar-refractivity contribution in [1.82, 2.24) is 0 Å². The second kappa shape index (κ2) is 5.21. The summed E-state index contributed by atoms with van der Waals surface area (Å²) in [5, 5.41) is 1.02. The van der Waals surface area contributed by atoms with Gasteiger partial charge in [0.2, 0.25) is 0 Å². The third kappa shape index (κ3) is 2.16. The van der Waals surface area contributed by atoms with Crippen LogP contribution in [0, 0.1) is 0 Å². The summed E-state index contributed by atoms with van der Waals surface area (Å²) in [6.45, 7) is 0. The first-order valence-electron chi connectivity index (χ1n) is 6.13. The molecule has 0 aliphatic rings. The van der Waals surface area contributed by atoms with Crippen molar-refractivity contribution in [3.8, 4) is 22.8 Å². The van der Waals surface area contributed by atoms with E-state index in [0.717, 1.165) is 38.3 Å². The van der Waals surface area contributed by atoms with Crippen LogP contribution in [0.4, 0.5) is 0 Å². The minimum absolute atomic E-state index is 0.778. The van der Waals surface area contributed by atoms with Crippen LogP contribution in [0.1, 0.15) is 0 Å². The quantitative estimate of drug-likeness (QED) is 0.685. The molecule has 0 saturated carbocycles. The topological polar surface area (TPSA) is 31.6 Å². The molecule has 0 fully saturated rings. The Morgan fingerprint density at radius 2 is 1.55 bits per heavy atom. The fraction of sp³-hybridized carbons (Fsp3) is 0.125. The number of fused-ring (bicyclic) bond motifs is 1. The maximum absolute atomic E-state index is 5.93. The van der Waals surface area contributed by atoms with E-state index in [1.54, 1.807) is 14.2 Å². The van der Waals surface area contributed by atoms with E-state index < -0.39 is 0 Å². The third-order valence-corrected chi connectivity index (χ3v) is 3.98. The second-order valence-electron chi connectivity index (χ2n) is 4.34. The van der Waals surface area contributed by atoms with Crippen molar-refractivity contribution in [1.29, 1.82) is 0 Å². The number of halogens is 1. The number of benzene rings is 2. The summed E-state index contributed by atoms with van der Waals surface area (Å²) in [5.41, 5.74) is 1.79. The Bertz CT molecular complexity index is 744. The zero-order valence-corrected chi connectivity index (χ0v) is 12.7. The molecule has 3 nitrogen and oxygen atoms in total. The molecule has 0 spiro atoms. The van der Waals surface area contributed by atoms with Gasteiger partial charge in [-0.25, -0.2) is 0 Å². The summed E-state index contributed by atoms with van der Waals surface area (Å²) in [6, 6.07) is 13.5. The van der Waals surface area contributed by atoms with Crippen LogP contribution in [-0.4, -0.2) is 14.2 Å². The molecule has 20 heavy (non-hydrogen) atoms. The van der Waals surface area contributed by atoms with Crippen LogP contribution in [-0.2, 0) is 0 Å². The van der Waals surface area contributed by atoms with E-state index in [-0.39, 0.29) is 0 Å². The van der Waals surface area contributed by atoms with Gasteiger partial charge in [-0.1, -0.05) is 0 Å². The average molecular weight is 333 g/mol. The van der Waals surface area contributed by atoms with Gasteiger partial charge in [-0.05, 0) is 52.3 Å². The Hall–Kier alpha value is -1.94. The largest absolute Gasteiger partial charge is 0.497 e. The van der Waals surface area contributed by atoms with Gasteiger partial charge in [0.25, 0.3) is 0 Å². The molecule has 0 radical (unpaired) electrons. The minimum atomic E-state index is 0.778. The summed E-state index contributed by atoms with van der Waals surface area (Å²) in [5.74, 6) is 2.40. The fourth-order valence-corrected chi connectivity index (χ4v) is 2.74. The minimum Gasteiger partial charge on any atom is -0.497 e. The van der Waals surface area contributed by atoms with Gasteiger partial charge in [-0.3, -0.25) is 0 Å². The fourth-order valence-electron chi connectivity index (χ4n) is 2.10. The van der Waals surface area contributed by atoms with E-state index in [9.17, 15) is 0 Å². The molecular weight excluding hydrogens is 320 g/mol. The smallest absolute Gasteiger partial charge is 0.149 e. The van der Waals surface area contributed by atoms with Crippen LogP contribution in [0.5, 0.6) is 11.5 Å². The van der Waals surface area contributed by atoms with Crippen molar-refractivity contribution in [3.05, 3.63) is 46.9 Å². The highest BCUT2D eigenvalue weighted by Crippen LogP contribution is 2.39. The lowest BCUT2D eigenvalue weighted by Gasteiger charge is -2.01. The van der Waals surface area contributed by atoms with Crippen molar-refractivity contribution in [2.45, 2.75) is 0 Å². The third-order valence-electron chi connectivity index (χ3n) is 3.19. The van der Waals surface area contributed by atoms with Gasteiger partial charge < -0.3 is 13.9 Å². The number of hydrogen-bond donors (Lipinski definition) is 0. The highest BCUT2D eigenvalue weighted by Gasteiger charge is 2.14. The van der Waals surface area contributed by atoms with Gasteiger partial charge in [-0.2, -0.15) is 0 Å². The van der Waals surface area contributed by atoms with Crippen LogP contribution >= 0.6 is 15.9 Å². The molecule has 2 aromatic carbocycles. The molecule has 1 heterocycles. The zero-order chi connectivity index (χ0) is 14.1. The van der Waals surface area contributed by atoms with Crippen molar-refractivity contribution < 1.29 is 13.9 Å². The molecule has 3 aromatic rings. The van der Waals surface area contributed by atoms with Crippen molar-refractivity contribution >= 4 is 26.9 Å². The monoisotopic (exact) mass is 332 g/mol. The average Bonchev–Trinajstić information content (AvgIpc) is 2.84.